The normalized spacial score (nSPS) is 12.6. The van der Waals surface area contributed by atoms with E-state index in [9.17, 15) is 14.3 Å². The minimum Gasteiger partial charge on any atom is -0.504 e. The van der Waals surface area contributed by atoms with E-state index in [2.05, 4.69) is 0 Å². The molecule has 1 aromatic carbocycles. The topological polar surface area (TPSA) is 59.7 Å². The number of halogens is 1. The van der Waals surface area contributed by atoms with E-state index < -0.39 is 11.8 Å². The molecular formula is C13H13FO4. The second kappa shape index (κ2) is 5.08. The fourth-order valence-electron chi connectivity index (χ4n) is 1.50. The number of ether oxygens (including phenoxy) is 1. The van der Waals surface area contributed by atoms with Gasteiger partial charge in [0.1, 0.15) is 18.4 Å². The summed E-state index contributed by atoms with van der Waals surface area (Å²) in [5, 5.41) is 10.3. The lowest BCUT2D eigenvalue weighted by Gasteiger charge is -2.10. The largest absolute Gasteiger partial charge is 0.504 e. The summed E-state index contributed by atoms with van der Waals surface area (Å²) < 4.78 is 23.1. The summed E-state index contributed by atoms with van der Waals surface area (Å²) in [5.74, 6) is -0.00685. The molecular weight excluding hydrogens is 239 g/mol. The van der Waals surface area contributed by atoms with Crippen LogP contribution in [0.5, 0.6) is 11.5 Å². The van der Waals surface area contributed by atoms with Gasteiger partial charge in [0, 0.05) is 17.5 Å². The molecule has 2 aromatic rings. The monoisotopic (exact) mass is 252 g/mol. The van der Waals surface area contributed by atoms with Crippen molar-refractivity contribution in [3.63, 3.8) is 0 Å². The molecule has 0 aliphatic rings. The van der Waals surface area contributed by atoms with Crippen molar-refractivity contribution in [1.29, 1.82) is 0 Å². The summed E-state index contributed by atoms with van der Waals surface area (Å²) in [4.78, 5) is 11.1. The van der Waals surface area contributed by atoms with Crippen molar-refractivity contribution in [2.75, 3.05) is 6.61 Å². The Morgan fingerprint density at radius 2 is 2.22 bits per heavy atom. The van der Waals surface area contributed by atoms with Crippen LogP contribution in [0.15, 0.2) is 33.5 Å². The average Bonchev–Trinajstić information content (AvgIpc) is 2.36. The fourth-order valence-corrected chi connectivity index (χ4v) is 1.50. The summed E-state index contributed by atoms with van der Waals surface area (Å²) >= 11 is 0. The third-order valence-corrected chi connectivity index (χ3v) is 2.56. The summed E-state index contributed by atoms with van der Waals surface area (Å²) in [7, 11) is 0. The molecule has 1 N–H and O–H groups in total. The summed E-state index contributed by atoms with van der Waals surface area (Å²) in [6, 6.07) is 5.59. The van der Waals surface area contributed by atoms with Crippen LogP contribution in [0.4, 0.5) is 4.39 Å². The molecule has 0 aliphatic heterocycles. The molecule has 0 saturated heterocycles. The smallest absolute Gasteiger partial charge is 0.336 e. The number of phenols is 1. The molecule has 0 radical (unpaired) electrons. The van der Waals surface area contributed by atoms with Gasteiger partial charge in [-0.2, -0.15) is 0 Å². The number of hydrogen-bond donors (Lipinski definition) is 1. The van der Waals surface area contributed by atoms with E-state index in [4.69, 9.17) is 9.15 Å². The standard InChI is InChI=1S/C13H13FO4/c1-2-9(14)7-17-12-6-11-8(5-10(12)15)3-4-13(16)18-11/h3-6,9,15H,2,7H2,1H3. The summed E-state index contributed by atoms with van der Waals surface area (Å²) in [6.07, 6.45) is -0.758. The Hall–Kier alpha value is -2.04. The molecule has 5 heteroatoms. The van der Waals surface area contributed by atoms with Crippen LogP contribution < -0.4 is 10.4 Å². The maximum atomic E-state index is 13.0. The van der Waals surface area contributed by atoms with Crippen molar-refractivity contribution in [1.82, 2.24) is 0 Å². The molecule has 1 aromatic heterocycles. The van der Waals surface area contributed by atoms with Gasteiger partial charge in [0.2, 0.25) is 0 Å². The highest BCUT2D eigenvalue weighted by atomic mass is 19.1. The Bertz CT molecular complexity index is 605. The van der Waals surface area contributed by atoms with Gasteiger partial charge in [-0.05, 0) is 18.6 Å². The van der Waals surface area contributed by atoms with Crippen molar-refractivity contribution < 1.29 is 18.7 Å². The highest BCUT2D eigenvalue weighted by Gasteiger charge is 2.10. The zero-order valence-electron chi connectivity index (χ0n) is 9.85. The Morgan fingerprint density at radius 1 is 1.44 bits per heavy atom. The molecule has 0 saturated carbocycles. The number of benzene rings is 1. The van der Waals surface area contributed by atoms with E-state index in [0.717, 1.165) is 0 Å². The number of aromatic hydroxyl groups is 1. The molecule has 4 nitrogen and oxygen atoms in total. The lowest BCUT2D eigenvalue weighted by Crippen LogP contribution is -2.11. The molecule has 1 heterocycles. The minimum atomic E-state index is -1.09. The first kappa shape index (κ1) is 12.4. The second-order valence-corrected chi connectivity index (χ2v) is 3.93. The van der Waals surface area contributed by atoms with Crippen LogP contribution in [0.25, 0.3) is 11.0 Å². The van der Waals surface area contributed by atoms with Crippen molar-refractivity contribution in [2.45, 2.75) is 19.5 Å². The van der Waals surface area contributed by atoms with Crippen LogP contribution in [0, 0.1) is 0 Å². The molecule has 1 atom stereocenters. The third-order valence-electron chi connectivity index (χ3n) is 2.56. The molecule has 0 fully saturated rings. The first-order chi connectivity index (χ1) is 8.60. The number of alkyl halides is 1. The lowest BCUT2D eigenvalue weighted by molar-refractivity contribution is 0.187. The van der Waals surface area contributed by atoms with Crippen molar-refractivity contribution in [3.05, 3.63) is 34.7 Å². The van der Waals surface area contributed by atoms with Crippen molar-refractivity contribution in [3.8, 4) is 11.5 Å². The van der Waals surface area contributed by atoms with Gasteiger partial charge >= 0.3 is 5.63 Å². The highest BCUT2D eigenvalue weighted by Crippen LogP contribution is 2.31. The van der Waals surface area contributed by atoms with Crippen LogP contribution in [0.3, 0.4) is 0 Å². The van der Waals surface area contributed by atoms with Gasteiger partial charge < -0.3 is 14.3 Å². The Morgan fingerprint density at radius 3 is 2.94 bits per heavy atom. The predicted octanol–water partition coefficient (Wildman–Crippen LogP) is 2.63. The van der Waals surface area contributed by atoms with Crippen LogP contribution in [0.1, 0.15) is 13.3 Å². The van der Waals surface area contributed by atoms with Crippen LogP contribution >= 0.6 is 0 Å². The third kappa shape index (κ3) is 2.61. The van der Waals surface area contributed by atoms with Gasteiger partial charge in [-0.15, -0.1) is 0 Å². The molecule has 2 rings (SSSR count). The van der Waals surface area contributed by atoms with Crippen LogP contribution in [-0.4, -0.2) is 17.9 Å². The number of phenolic OH excluding ortho intramolecular Hbond substituents is 1. The fraction of sp³-hybridized carbons (Fsp3) is 0.308. The van der Waals surface area contributed by atoms with Crippen LogP contribution in [0.2, 0.25) is 0 Å². The predicted molar refractivity (Wildman–Crippen MR) is 64.8 cm³/mol. The molecule has 0 spiro atoms. The molecule has 0 amide bonds. The summed E-state index contributed by atoms with van der Waals surface area (Å²) in [6.45, 7) is 1.56. The maximum absolute atomic E-state index is 13.0. The van der Waals surface area contributed by atoms with Gasteiger partial charge in [-0.1, -0.05) is 6.92 Å². The first-order valence-electron chi connectivity index (χ1n) is 5.64. The maximum Gasteiger partial charge on any atom is 0.336 e. The van der Waals surface area contributed by atoms with Gasteiger partial charge in [0.15, 0.2) is 11.5 Å². The number of rotatable bonds is 4. The Kier molecular flexibility index (Phi) is 3.50. The first-order valence-corrected chi connectivity index (χ1v) is 5.64. The van der Waals surface area contributed by atoms with Gasteiger partial charge in [-0.25, -0.2) is 9.18 Å². The number of hydrogen-bond acceptors (Lipinski definition) is 4. The molecule has 1 unspecified atom stereocenters. The quantitative estimate of drug-likeness (QED) is 0.850. The summed E-state index contributed by atoms with van der Waals surface area (Å²) in [5.41, 5.74) is -0.196. The molecule has 18 heavy (non-hydrogen) atoms. The average molecular weight is 252 g/mol. The van der Waals surface area contributed by atoms with Crippen molar-refractivity contribution >= 4 is 11.0 Å². The van der Waals surface area contributed by atoms with E-state index in [0.29, 0.717) is 17.4 Å². The Balaban J connectivity index is 2.33. The van der Waals surface area contributed by atoms with Gasteiger partial charge in [0.25, 0.3) is 0 Å². The zero-order valence-corrected chi connectivity index (χ0v) is 9.85. The highest BCUT2D eigenvalue weighted by molar-refractivity contribution is 5.80. The molecule has 96 valence electrons. The van der Waals surface area contributed by atoms with Crippen molar-refractivity contribution in [2.24, 2.45) is 0 Å². The number of fused-ring (bicyclic) bond motifs is 1. The van der Waals surface area contributed by atoms with E-state index in [1.807, 2.05) is 0 Å². The minimum absolute atomic E-state index is 0.105. The van der Waals surface area contributed by atoms with E-state index >= 15 is 0 Å². The van der Waals surface area contributed by atoms with E-state index in [-0.39, 0.29) is 18.1 Å². The van der Waals surface area contributed by atoms with Gasteiger partial charge in [0.05, 0.1) is 0 Å². The van der Waals surface area contributed by atoms with E-state index in [1.165, 1.54) is 24.3 Å². The van der Waals surface area contributed by atoms with Gasteiger partial charge in [-0.3, -0.25) is 0 Å². The van der Waals surface area contributed by atoms with Crippen LogP contribution in [-0.2, 0) is 0 Å². The second-order valence-electron chi connectivity index (χ2n) is 3.93. The Labute approximate surface area is 103 Å². The van der Waals surface area contributed by atoms with E-state index in [1.54, 1.807) is 6.92 Å². The lowest BCUT2D eigenvalue weighted by atomic mass is 10.2. The SMILES string of the molecule is CCC(F)COc1cc2oc(=O)ccc2cc1O. The molecule has 0 bridgehead atoms. The molecule has 0 aliphatic carbocycles. The zero-order chi connectivity index (χ0) is 13.1.